The zero-order valence-corrected chi connectivity index (χ0v) is 11.0. The molecule has 2 atom stereocenters. The van der Waals surface area contributed by atoms with E-state index < -0.39 is 0 Å². The molecule has 1 fully saturated rings. The van der Waals surface area contributed by atoms with Crippen LogP contribution in [0.5, 0.6) is 0 Å². The molecular weight excluding hydrogens is 240 g/mol. The maximum atomic E-state index is 5.99. The number of aromatic nitrogens is 4. The van der Waals surface area contributed by atoms with Gasteiger partial charge in [-0.2, -0.15) is 0 Å². The molecular formula is C13H18N6. The summed E-state index contributed by atoms with van der Waals surface area (Å²) in [5.41, 5.74) is 7.82. The van der Waals surface area contributed by atoms with Gasteiger partial charge in [-0.15, -0.1) is 5.10 Å². The van der Waals surface area contributed by atoms with E-state index in [0.29, 0.717) is 12.0 Å². The predicted octanol–water partition coefficient (Wildman–Crippen LogP) is 1.34. The molecule has 2 N–H and O–H groups in total. The van der Waals surface area contributed by atoms with Crippen molar-refractivity contribution in [3.05, 3.63) is 30.9 Å². The lowest BCUT2D eigenvalue weighted by atomic mass is 9.93. The van der Waals surface area contributed by atoms with Crippen LogP contribution in [0.15, 0.2) is 30.9 Å². The molecule has 6 heteroatoms. The highest BCUT2D eigenvalue weighted by Crippen LogP contribution is 2.32. The lowest BCUT2D eigenvalue weighted by Gasteiger charge is -2.38. The zero-order chi connectivity index (χ0) is 13.2. The van der Waals surface area contributed by atoms with Gasteiger partial charge in [-0.25, -0.2) is 4.68 Å². The number of piperidine rings is 1. The summed E-state index contributed by atoms with van der Waals surface area (Å²) in [6.45, 7) is 4.19. The van der Waals surface area contributed by atoms with E-state index in [1.807, 2.05) is 16.9 Å². The average molecular weight is 258 g/mol. The van der Waals surface area contributed by atoms with Crippen LogP contribution in [0.4, 0.5) is 11.4 Å². The molecule has 0 aromatic carbocycles. The van der Waals surface area contributed by atoms with E-state index in [-0.39, 0.29) is 0 Å². The normalized spacial score (nSPS) is 23.5. The Labute approximate surface area is 112 Å². The molecule has 0 spiro atoms. The Kier molecular flexibility index (Phi) is 3.06. The van der Waals surface area contributed by atoms with Gasteiger partial charge in [0.25, 0.3) is 0 Å². The van der Waals surface area contributed by atoms with Crippen LogP contribution in [0.1, 0.15) is 19.4 Å². The van der Waals surface area contributed by atoms with Crippen LogP contribution in [0.3, 0.4) is 0 Å². The molecule has 6 nitrogen and oxygen atoms in total. The van der Waals surface area contributed by atoms with Crippen LogP contribution in [0.2, 0.25) is 0 Å². The molecule has 1 aliphatic rings. The van der Waals surface area contributed by atoms with Gasteiger partial charge in [0, 0.05) is 25.5 Å². The Bertz CT molecular complexity index is 538. The van der Waals surface area contributed by atoms with E-state index in [2.05, 4.69) is 27.1 Å². The lowest BCUT2D eigenvalue weighted by molar-refractivity contribution is 0.273. The van der Waals surface area contributed by atoms with E-state index in [9.17, 15) is 0 Å². The fraction of sp³-hybridized carbons (Fsp3) is 0.462. The van der Waals surface area contributed by atoms with Crippen molar-refractivity contribution in [3.8, 4) is 0 Å². The minimum Gasteiger partial charge on any atom is -0.396 e. The molecule has 19 heavy (non-hydrogen) atoms. The summed E-state index contributed by atoms with van der Waals surface area (Å²) in [5.74, 6) is 0.503. The number of pyridine rings is 1. The number of rotatable bonds is 2. The number of hydrogen-bond donors (Lipinski definition) is 1. The Morgan fingerprint density at radius 1 is 1.37 bits per heavy atom. The van der Waals surface area contributed by atoms with E-state index in [1.54, 1.807) is 18.6 Å². The maximum absolute atomic E-state index is 5.99. The fourth-order valence-electron chi connectivity index (χ4n) is 2.83. The van der Waals surface area contributed by atoms with Crippen molar-refractivity contribution in [1.29, 1.82) is 0 Å². The summed E-state index contributed by atoms with van der Waals surface area (Å²) >= 11 is 0. The van der Waals surface area contributed by atoms with E-state index in [0.717, 1.165) is 30.9 Å². The minimum absolute atomic E-state index is 0.418. The van der Waals surface area contributed by atoms with Crippen LogP contribution < -0.4 is 10.6 Å². The fourth-order valence-corrected chi connectivity index (χ4v) is 2.83. The Balaban J connectivity index is 1.76. The van der Waals surface area contributed by atoms with Crippen LogP contribution in [-0.2, 0) is 0 Å². The van der Waals surface area contributed by atoms with E-state index in [4.69, 9.17) is 5.73 Å². The third-order valence-electron chi connectivity index (χ3n) is 3.81. The summed E-state index contributed by atoms with van der Waals surface area (Å²) in [6.07, 6.45) is 8.23. The lowest BCUT2D eigenvalue weighted by Crippen LogP contribution is -2.40. The zero-order valence-electron chi connectivity index (χ0n) is 11.0. The van der Waals surface area contributed by atoms with Crippen molar-refractivity contribution in [2.75, 3.05) is 23.7 Å². The van der Waals surface area contributed by atoms with Gasteiger partial charge in [0.1, 0.15) is 0 Å². The topological polar surface area (TPSA) is 72.9 Å². The van der Waals surface area contributed by atoms with Gasteiger partial charge >= 0.3 is 0 Å². The molecule has 0 aliphatic carbocycles. The Morgan fingerprint density at radius 2 is 2.26 bits per heavy atom. The van der Waals surface area contributed by atoms with Crippen molar-refractivity contribution < 1.29 is 0 Å². The minimum atomic E-state index is 0.418. The molecule has 0 saturated carbocycles. The average Bonchev–Trinajstić information content (AvgIpc) is 2.93. The molecule has 0 radical (unpaired) electrons. The third kappa shape index (κ3) is 2.25. The molecule has 0 bridgehead atoms. The van der Waals surface area contributed by atoms with Crippen molar-refractivity contribution in [2.45, 2.75) is 19.4 Å². The molecule has 2 aromatic heterocycles. The quantitative estimate of drug-likeness (QED) is 0.880. The van der Waals surface area contributed by atoms with Gasteiger partial charge in [0.15, 0.2) is 0 Å². The predicted molar refractivity (Wildman–Crippen MR) is 73.7 cm³/mol. The first-order chi connectivity index (χ1) is 9.25. The summed E-state index contributed by atoms with van der Waals surface area (Å²) in [5, 5.41) is 8.01. The molecule has 2 aromatic rings. The highest BCUT2D eigenvalue weighted by atomic mass is 15.4. The molecule has 2 unspecified atom stereocenters. The Hall–Kier alpha value is -2.11. The van der Waals surface area contributed by atoms with Crippen molar-refractivity contribution in [3.63, 3.8) is 0 Å². The first-order valence-electron chi connectivity index (χ1n) is 6.56. The van der Waals surface area contributed by atoms with Gasteiger partial charge in [0.05, 0.1) is 29.8 Å². The second kappa shape index (κ2) is 4.87. The molecule has 1 aliphatic heterocycles. The monoisotopic (exact) mass is 258 g/mol. The van der Waals surface area contributed by atoms with Gasteiger partial charge in [-0.3, -0.25) is 4.98 Å². The van der Waals surface area contributed by atoms with Crippen LogP contribution in [0.25, 0.3) is 0 Å². The van der Waals surface area contributed by atoms with Crippen molar-refractivity contribution in [2.24, 2.45) is 5.92 Å². The molecule has 0 amide bonds. The SMILES string of the molecule is CC1CN(c2ccncc2N)CCC1n1ccnn1. The van der Waals surface area contributed by atoms with Crippen LogP contribution >= 0.6 is 0 Å². The maximum Gasteiger partial charge on any atom is 0.0738 e. The number of nitrogen functional groups attached to an aromatic ring is 1. The molecule has 3 heterocycles. The standard InChI is InChI=1S/C13H18N6/c1-10-9-18(13-2-4-15-8-11(13)14)6-3-12(10)19-7-5-16-17-19/h2,4-5,7-8,10,12H,3,6,9,14H2,1H3. The van der Waals surface area contributed by atoms with Gasteiger partial charge in [-0.05, 0) is 18.4 Å². The largest absolute Gasteiger partial charge is 0.396 e. The van der Waals surface area contributed by atoms with Crippen molar-refractivity contribution in [1.82, 2.24) is 20.0 Å². The number of nitrogens with two attached hydrogens (primary N) is 1. The molecule has 3 rings (SSSR count). The van der Waals surface area contributed by atoms with Gasteiger partial charge < -0.3 is 10.6 Å². The third-order valence-corrected chi connectivity index (χ3v) is 3.81. The van der Waals surface area contributed by atoms with Crippen molar-refractivity contribution >= 4 is 11.4 Å². The highest BCUT2D eigenvalue weighted by molar-refractivity contribution is 5.66. The number of hydrogen-bond acceptors (Lipinski definition) is 5. The first-order valence-corrected chi connectivity index (χ1v) is 6.56. The van der Waals surface area contributed by atoms with Crippen LogP contribution in [-0.4, -0.2) is 33.1 Å². The van der Waals surface area contributed by atoms with Crippen LogP contribution in [0, 0.1) is 5.92 Å². The summed E-state index contributed by atoms with van der Waals surface area (Å²) in [6, 6.07) is 2.40. The van der Waals surface area contributed by atoms with E-state index in [1.165, 1.54) is 0 Å². The first kappa shape index (κ1) is 12.0. The van der Waals surface area contributed by atoms with Gasteiger partial charge in [-0.1, -0.05) is 12.1 Å². The van der Waals surface area contributed by atoms with E-state index >= 15 is 0 Å². The number of nitrogens with zero attached hydrogens (tertiary/aromatic N) is 5. The number of anilines is 2. The Morgan fingerprint density at radius 3 is 2.95 bits per heavy atom. The van der Waals surface area contributed by atoms with Gasteiger partial charge in [0.2, 0.25) is 0 Å². The molecule has 100 valence electrons. The summed E-state index contributed by atoms with van der Waals surface area (Å²) in [7, 11) is 0. The smallest absolute Gasteiger partial charge is 0.0738 e. The second-order valence-electron chi connectivity index (χ2n) is 5.10. The molecule has 1 saturated heterocycles. The highest BCUT2D eigenvalue weighted by Gasteiger charge is 2.28. The second-order valence-corrected chi connectivity index (χ2v) is 5.10. The summed E-state index contributed by atoms with van der Waals surface area (Å²) in [4.78, 5) is 6.37. The summed E-state index contributed by atoms with van der Waals surface area (Å²) < 4.78 is 1.97.